The number of benzene rings is 1. The normalized spacial score (nSPS) is 12.8. The Morgan fingerprint density at radius 3 is 2.69 bits per heavy atom. The van der Waals surface area contributed by atoms with Gasteiger partial charge < -0.3 is 5.32 Å². The van der Waals surface area contributed by atoms with Crippen LogP contribution in [0.3, 0.4) is 0 Å². The van der Waals surface area contributed by atoms with Crippen molar-refractivity contribution < 1.29 is 4.79 Å². The third kappa shape index (κ3) is 3.70. The number of rotatable bonds is 4. The van der Waals surface area contributed by atoms with Crippen molar-refractivity contribution in [2.75, 3.05) is 5.32 Å². The molecule has 1 amide bonds. The summed E-state index contributed by atoms with van der Waals surface area (Å²) >= 11 is 6.14. The summed E-state index contributed by atoms with van der Waals surface area (Å²) in [5.41, 5.74) is 4.51. The van der Waals surface area contributed by atoms with E-state index >= 15 is 0 Å². The SMILES string of the molecule is Cc1cc(C)n(-c2nc3c(c(=O)n2CC(=O)Nc2ccc(C)c(Cl)c2)CCC3)n1. The van der Waals surface area contributed by atoms with E-state index in [0.717, 1.165) is 35.5 Å². The van der Waals surface area contributed by atoms with E-state index in [-0.39, 0.29) is 18.0 Å². The molecule has 1 aromatic carbocycles. The molecule has 3 aromatic rings. The van der Waals surface area contributed by atoms with Gasteiger partial charge in [0.25, 0.3) is 5.56 Å². The van der Waals surface area contributed by atoms with Crippen molar-refractivity contribution in [3.05, 3.63) is 67.9 Å². The highest BCUT2D eigenvalue weighted by Gasteiger charge is 2.24. The van der Waals surface area contributed by atoms with E-state index < -0.39 is 0 Å². The van der Waals surface area contributed by atoms with Gasteiger partial charge in [0, 0.05) is 22.0 Å². The Bertz CT molecular complexity index is 1180. The van der Waals surface area contributed by atoms with Crippen molar-refractivity contribution in [1.82, 2.24) is 19.3 Å². The summed E-state index contributed by atoms with van der Waals surface area (Å²) in [5, 5.41) is 7.85. The molecule has 0 atom stereocenters. The fourth-order valence-corrected chi connectivity index (χ4v) is 3.85. The zero-order valence-corrected chi connectivity index (χ0v) is 17.4. The van der Waals surface area contributed by atoms with Crippen molar-refractivity contribution >= 4 is 23.2 Å². The van der Waals surface area contributed by atoms with Crippen molar-refractivity contribution in [3.63, 3.8) is 0 Å². The number of anilines is 1. The lowest BCUT2D eigenvalue weighted by Gasteiger charge is -2.15. The topological polar surface area (TPSA) is 81.8 Å². The Morgan fingerprint density at radius 1 is 1.21 bits per heavy atom. The minimum atomic E-state index is -0.324. The molecule has 0 bridgehead atoms. The highest BCUT2D eigenvalue weighted by molar-refractivity contribution is 6.31. The second-order valence-electron chi connectivity index (χ2n) is 7.43. The number of fused-ring (bicyclic) bond motifs is 1. The van der Waals surface area contributed by atoms with E-state index in [1.165, 1.54) is 4.57 Å². The van der Waals surface area contributed by atoms with Crippen LogP contribution in [-0.4, -0.2) is 25.2 Å². The van der Waals surface area contributed by atoms with E-state index in [1.54, 1.807) is 16.8 Å². The van der Waals surface area contributed by atoms with Gasteiger partial charge in [-0.2, -0.15) is 5.10 Å². The van der Waals surface area contributed by atoms with Gasteiger partial charge in [-0.05, 0) is 63.8 Å². The van der Waals surface area contributed by atoms with Crippen molar-refractivity contribution in [3.8, 4) is 5.95 Å². The maximum atomic E-state index is 13.1. The van der Waals surface area contributed by atoms with Crippen LogP contribution in [0.15, 0.2) is 29.1 Å². The van der Waals surface area contributed by atoms with Crippen LogP contribution in [-0.2, 0) is 24.2 Å². The molecule has 2 aromatic heterocycles. The number of carbonyl (C=O) groups excluding carboxylic acids is 1. The first-order valence-electron chi connectivity index (χ1n) is 9.55. The number of aryl methyl sites for hydroxylation is 4. The summed E-state index contributed by atoms with van der Waals surface area (Å²) in [5.74, 6) is 0.0490. The Balaban J connectivity index is 1.72. The molecule has 1 aliphatic carbocycles. The van der Waals surface area contributed by atoms with Gasteiger partial charge in [0.15, 0.2) is 0 Å². The Kier molecular flexibility index (Phi) is 5.00. The second-order valence-corrected chi connectivity index (χ2v) is 7.84. The number of nitrogens with zero attached hydrogens (tertiary/aromatic N) is 4. The van der Waals surface area contributed by atoms with Crippen LogP contribution in [0.25, 0.3) is 5.95 Å². The van der Waals surface area contributed by atoms with Crippen LogP contribution in [0.1, 0.15) is 34.6 Å². The number of hydrogen-bond donors (Lipinski definition) is 1. The molecule has 1 N–H and O–H groups in total. The molecule has 0 spiro atoms. The van der Waals surface area contributed by atoms with Crippen LogP contribution in [0.4, 0.5) is 5.69 Å². The summed E-state index contributed by atoms with van der Waals surface area (Å²) in [6, 6.07) is 7.23. The first-order valence-corrected chi connectivity index (χ1v) is 9.93. The summed E-state index contributed by atoms with van der Waals surface area (Å²) in [6.45, 7) is 5.52. The Hall–Kier alpha value is -2.93. The number of halogens is 1. The molecule has 29 heavy (non-hydrogen) atoms. The Morgan fingerprint density at radius 2 is 2.00 bits per heavy atom. The molecule has 1 aliphatic rings. The number of carbonyl (C=O) groups is 1. The van der Waals surface area contributed by atoms with Crippen LogP contribution in [0.2, 0.25) is 5.02 Å². The fraction of sp³-hybridized carbons (Fsp3) is 0.333. The van der Waals surface area contributed by atoms with Gasteiger partial charge in [0.1, 0.15) is 6.54 Å². The molecule has 150 valence electrons. The first-order chi connectivity index (χ1) is 13.8. The van der Waals surface area contributed by atoms with Crippen LogP contribution < -0.4 is 10.9 Å². The second kappa shape index (κ2) is 7.48. The summed E-state index contributed by atoms with van der Waals surface area (Å²) < 4.78 is 3.04. The van der Waals surface area contributed by atoms with Crippen molar-refractivity contribution in [2.24, 2.45) is 0 Å². The van der Waals surface area contributed by atoms with Gasteiger partial charge in [-0.15, -0.1) is 0 Å². The maximum absolute atomic E-state index is 13.1. The van der Waals surface area contributed by atoms with Crippen molar-refractivity contribution in [1.29, 1.82) is 0 Å². The molecule has 0 radical (unpaired) electrons. The lowest BCUT2D eigenvalue weighted by Crippen LogP contribution is -2.34. The number of hydrogen-bond acceptors (Lipinski definition) is 4. The van der Waals surface area contributed by atoms with Crippen LogP contribution in [0.5, 0.6) is 0 Å². The number of nitrogens with one attached hydrogen (secondary N) is 1. The molecule has 0 fully saturated rings. The third-order valence-electron chi connectivity index (χ3n) is 5.12. The molecule has 7 nitrogen and oxygen atoms in total. The molecular weight excluding hydrogens is 390 g/mol. The molecule has 0 saturated heterocycles. The van der Waals surface area contributed by atoms with E-state index in [1.807, 2.05) is 32.9 Å². The summed E-state index contributed by atoms with van der Waals surface area (Å²) in [4.78, 5) is 30.6. The quantitative estimate of drug-likeness (QED) is 0.715. The minimum Gasteiger partial charge on any atom is -0.324 e. The minimum absolute atomic E-state index is 0.154. The Labute approximate surface area is 173 Å². The average molecular weight is 412 g/mol. The lowest BCUT2D eigenvalue weighted by atomic mass is 10.2. The van der Waals surface area contributed by atoms with Gasteiger partial charge in [-0.3, -0.25) is 14.2 Å². The maximum Gasteiger partial charge on any atom is 0.258 e. The zero-order valence-electron chi connectivity index (χ0n) is 16.6. The molecule has 0 aliphatic heterocycles. The molecule has 2 heterocycles. The zero-order chi connectivity index (χ0) is 20.7. The first kappa shape index (κ1) is 19.4. The largest absolute Gasteiger partial charge is 0.324 e. The monoisotopic (exact) mass is 411 g/mol. The highest BCUT2D eigenvalue weighted by atomic mass is 35.5. The predicted molar refractivity (Wildman–Crippen MR) is 112 cm³/mol. The predicted octanol–water partition coefficient (Wildman–Crippen LogP) is 3.14. The van der Waals surface area contributed by atoms with Gasteiger partial charge >= 0.3 is 0 Å². The van der Waals surface area contributed by atoms with Crippen LogP contribution in [0, 0.1) is 20.8 Å². The van der Waals surface area contributed by atoms with E-state index in [9.17, 15) is 9.59 Å². The molecule has 4 rings (SSSR count). The van der Waals surface area contributed by atoms with Crippen LogP contribution >= 0.6 is 11.6 Å². The van der Waals surface area contributed by atoms with E-state index in [2.05, 4.69) is 10.4 Å². The summed E-state index contributed by atoms with van der Waals surface area (Å²) in [7, 11) is 0. The van der Waals surface area contributed by atoms with Gasteiger partial charge in [0.05, 0.1) is 11.4 Å². The summed E-state index contributed by atoms with van der Waals surface area (Å²) in [6.07, 6.45) is 2.35. The highest BCUT2D eigenvalue weighted by Crippen LogP contribution is 2.21. The smallest absolute Gasteiger partial charge is 0.258 e. The van der Waals surface area contributed by atoms with Gasteiger partial charge in [0.2, 0.25) is 11.9 Å². The van der Waals surface area contributed by atoms with Gasteiger partial charge in [-0.25, -0.2) is 9.67 Å². The number of aromatic nitrogens is 4. The lowest BCUT2D eigenvalue weighted by molar-refractivity contribution is -0.116. The van der Waals surface area contributed by atoms with E-state index in [4.69, 9.17) is 16.6 Å². The van der Waals surface area contributed by atoms with E-state index in [0.29, 0.717) is 28.6 Å². The molecule has 8 heteroatoms. The standard InChI is InChI=1S/C21H22ClN5O2/c1-12-7-8-15(10-17(12)22)23-19(28)11-26-20(29)16-5-4-6-18(16)24-21(26)27-14(3)9-13(2)25-27/h7-10H,4-6,11H2,1-3H3,(H,23,28). The van der Waals surface area contributed by atoms with Crippen molar-refractivity contribution in [2.45, 2.75) is 46.6 Å². The van der Waals surface area contributed by atoms with Gasteiger partial charge in [-0.1, -0.05) is 17.7 Å². The number of amides is 1. The third-order valence-corrected chi connectivity index (χ3v) is 5.53. The molecule has 0 saturated carbocycles. The molecule has 0 unspecified atom stereocenters. The molecular formula is C21H22ClN5O2. The fourth-order valence-electron chi connectivity index (χ4n) is 3.67. The average Bonchev–Trinajstić information content (AvgIpc) is 3.26.